The molecule has 1 spiro atoms. The van der Waals surface area contributed by atoms with Crippen LogP contribution in [-0.4, -0.2) is 55.5 Å². The minimum Gasteiger partial charge on any atom is -0.470 e. The second-order valence-corrected chi connectivity index (χ2v) is 12.1. The van der Waals surface area contributed by atoms with Crippen LogP contribution in [0.5, 0.6) is 5.88 Å². The van der Waals surface area contributed by atoms with Crippen molar-refractivity contribution in [1.29, 1.82) is 0 Å². The number of ether oxygens (including phenoxy) is 1. The predicted octanol–water partition coefficient (Wildman–Crippen LogP) is 2.51. The number of carbonyl (C=O) groups excluding carboxylic acids is 1. The van der Waals surface area contributed by atoms with E-state index in [0.717, 1.165) is 23.5 Å². The SMILES string of the molecule is CC1(C)C(N)=N[C@@]2(Cc3ccc(NC(=O)c4cnc(OCC(F)F)cn4)cc32)[C@@H]2CCN=S21=O. The molecule has 12 heteroatoms. The number of amides is 1. The summed E-state index contributed by atoms with van der Waals surface area (Å²) < 4.78 is 46.9. The van der Waals surface area contributed by atoms with Crippen LogP contribution >= 0.6 is 0 Å². The van der Waals surface area contributed by atoms with Gasteiger partial charge in [-0.2, -0.15) is 0 Å². The molecule has 1 aromatic heterocycles. The van der Waals surface area contributed by atoms with Crippen molar-refractivity contribution < 1.29 is 22.5 Å². The van der Waals surface area contributed by atoms with Crippen molar-refractivity contribution in [2.24, 2.45) is 15.1 Å². The molecule has 34 heavy (non-hydrogen) atoms. The van der Waals surface area contributed by atoms with E-state index in [2.05, 4.69) is 19.6 Å². The summed E-state index contributed by atoms with van der Waals surface area (Å²) in [5.41, 5.74) is 8.07. The Morgan fingerprint density at radius 2 is 2.12 bits per heavy atom. The molecular weight excluding hydrogens is 466 g/mol. The summed E-state index contributed by atoms with van der Waals surface area (Å²) in [6.45, 7) is 3.38. The average Bonchev–Trinajstić information content (AvgIpc) is 3.20. The molecule has 2 aromatic rings. The molecule has 1 unspecified atom stereocenters. The molecule has 9 nitrogen and oxygen atoms in total. The molecule has 0 bridgehead atoms. The molecule has 180 valence electrons. The fraction of sp³-hybridized carbons (Fsp3) is 0.455. The standard InChI is InChI=1S/C22H24F2N6O3S/c1-21(2)20(25)30-22(16-5-6-28-34(16,21)32)8-12-3-4-13(7-14(12)22)29-19(31)15-9-27-18(10-26-15)33-11-17(23)24/h3-4,7,9-10,16-17H,5-6,8,11H2,1-2H3,(H2,25,30)(H,29,31)/t16-,22+,34?/m0/s1. The fourth-order valence-electron chi connectivity index (χ4n) is 4.88. The molecule has 0 fully saturated rings. The number of nitrogens with two attached hydrogens (primary N) is 1. The fourth-order valence-corrected chi connectivity index (χ4v) is 8.03. The summed E-state index contributed by atoms with van der Waals surface area (Å²) in [6, 6.07) is 5.51. The number of hydrogen-bond donors (Lipinski definition) is 2. The summed E-state index contributed by atoms with van der Waals surface area (Å²) >= 11 is 0. The van der Waals surface area contributed by atoms with E-state index in [4.69, 9.17) is 15.5 Å². The number of benzene rings is 1. The highest BCUT2D eigenvalue weighted by Gasteiger charge is 2.61. The van der Waals surface area contributed by atoms with Crippen LogP contribution in [0.3, 0.4) is 0 Å². The number of rotatable bonds is 5. The summed E-state index contributed by atoms with van der Waals surface area (Å²) in [7, 11) is -2.62. The Labute approximate surface area is 195 Å². The van der Waals surface area contributed by atoms with Gasteiger partial charge in [0.1, 0.15) is 21.8 Å². The Morgan fingerprint density at radius 1 is 1.32 bits per heavy atom. The van der Waals surface area contributed by atoms with E-state index >= 15 is 0 Å². The first kappa shape index (κ1) is 22.6. The number of anilines is 1. The molecule has 1 aromatic carbocycles. The normalized spacial score (nSPS) is 28.4. The van der Waals surface area contributed by atoms with E-state index in [-0.39, 0.29) is 16.8 Å². The lowest BCUT2D eigenvalue weighted by atomic mass is 9.67. The maximum Gasteiger partial charge on any atom is 0.275 e. The highest BCUT2D eigenvalue weighted by molar-refractivity contribution is 7.96. The zero-order chi connectivity index (χ0) is 24.3. The van der Waals surface area contributed by atoms with Crippen LogP contribution in [0.1, 0.15) is 41.9 Å². The molecule has 3 heterocycles. The minimum atomic E-state index is -2.63. The van der Waals surface area contributed by atoms with Gasteiger partial charge < -0.3 is 15.8 Å². The Kier molecular flexibility index (Phi) is 5.12. The van der Waals surface area contributed by atoms with Crippen molar-refractivity contribution in [2.75, 3.05) is 18.5 Å². The van der Waals surface area contributed by atoms with Crippen molar-refractivity contribution in [3.8, 4) is 5.88 Å². The molecule has 2 aliphatic heterocycles. The van der Waals surface area contributed by atoms with Gasteiger partial charge in [-0.25, -0.2) is 27.3 Å². The Balaban J connectivity index is 1.40. The largest absolute Gasteiger partial charge is 0.470 e. The lowest BCUT2D eigenvalue weighted by Gasteiger charge is -2.51. The Morgan fingerprint density at radius 3 is 2.82 bits per heavy atom. The van der Waals surface area contributed by atoms with Gasteiger partial charge in [0.2, 0.25) is 5.88 Å². The summed E-state index contributed by atoms with van der Waals surface area (Å²) in [5.74, 6) is -0.279. The van der Waals surface area contributed by atoms with Crippen LogP contribution in [0.15, 0.2) is 39.9 Å². The van der Waals surface area contributed by atoms with Gasteiger partial charge >= 0.3 is 0 Å². The number of carbonyl (C=O) groups is 1. The molecule has 1 aliphatic carbocycles. The number of nitrogens with zero attached hydrogens (tertiary/aromatic N) is 4. The number of alkyl halides is 2. The molecule has 3 atom stereocenters. The third kappa shape index (κ3) is 3.26. The van der Waals surface area contributed by atoms with Crippen LogP contribution < -0.4 is 15.8 Å². The summed E-state index contributed by atoms with van der Waals surface area (Å²) in [4.78, 5) is 25.3. The lowest BCUT2D eigenvalue weighted by Crippen LogP contribution is -2.62. The Bertz CT molecular complexity index is 1320. The summed E-state index contributed by atoms with van der Waals surface area (Å²) in [5, 5.41) is 2.53. The molecule has 0 radical (unpaired) electrons. The number of amidine groups is 1. The average molecular weight is 491 g/mol. The third-order valence-corrected chi connectivity index (χ3v) is 10.4. The number of aromatic nitrogens is 2. The van der Waals surface area contributed by atoms with Crippen molar-refractivity contribution in [2.45, 2.75) is 48.7 Å². The van der Waals surface area contributed by atoms with Gasteiger partial charge in [0, 0.05) is 18.7 Å². The molecular formula is C22H24F2N6O3S. The van der Waals surface area contributed by atoms with E-state index in [1.807, 2.05) is 26.0 Å². The molecule has 0 saturated carbocycles. The van der Waals surface area contributed by atoms with Crippen LogP contribution in [0.25, 0.3) is 0 Å². The zero-order valence-electron chi connectivity index (χ0n) is 18.6. The number of fused-ring (bicyclic) bond motifs is 4. The lowest BCUT2D eigenvalue weighted by molar-refractivity contribution is 0.0792. The van der Waals surface area contributed by atoms with Gasteiger partial charge in [-0.05, 0) is 43.5 Å². The quantitative estimate of drug-likeness (QED) is 0.662. The van der Waals surface area contributed by atoms with Crippen molar-refractivity contribution in [3.63, 3.8) is 0 Å². The first-order chi connectivity index (χ1) is 16.1. The highest BCUT2D eigenvalue weighted by atomic mass is 32.2. The van der Waals surface area contributed by atoms with Crippen molar-refractivity contribution >= 4 is 27.2 Å². The van der Waals surface area contributed by atoms with Crippen molar-refractivity contribution in [3.05, 3.63) is 47.4 Å². The number of hydrogen-bond acceptors (Lipinski definition) is 8. The van der Waals surface area contributed by atoms with Crippen LogP contribution in [-0.2, 0) is 21.7 Å². The van der Waals surface area contributed by atoms with Crippen LogP contribution in [0, 0.1) is 0 Å². The second-order valence-electron chi connectivity index (χ2n) is 9.08. The van der Waals surface area contributed by atoms with Crippen LogP contribution in [0.4, 0.5) is 14.5 Å². The molecule has 3 aliphatic rings. The monoisotopic (exact) mass is 490 g/mol. The predicted molar refractivity (Wildman–Crippen MR) is 123 cm³/mol. The second kappa shape index (κ2) is 7.69. The van der Waals surface area contributed by atoms with E-state index < -0.39 is 39.0 Å². The minimum absolute atomic E-state index is 0.00101. The Hall–Kier alpha value is -3.15. The van der Waals surface area contributed by atoms with E-state index in [0.29, 0.717) is 30.9 Å². The summed E-state index contributed by atoms with van der Waals surface area (Å²) in [6.07, 6.45) is 0.930. The van der Waals surface area contributed by atoms with Gasteiger partial charge in [0.25, 0.3) is 12.3 Å². The zero-order valence-corrected chi connectivity index (χ0v) is 19.4. The van der Waals surface area contributed by atoms with E-state index in [1.165, 1.54) is 0 Å². The molecule has 1 amide bonds. The van der Waals surface area contributed by atoms with Gasteiger partial charge in [0.05, 0.1) is 27.4 Å². The maximum atomic E-state index is 13.9. The van der Waals surface area contributed by atoms with Gasteiger partial charge in [0.15, 0.2) is 6.61 Å². The van der Waals surface area contributed by atoms with Gasteiger partial charge in [-0.3, -0.25) is 9.79 Å². The topological polar surface area (TPSA) is 132 Å². The first-order valence-corrected chi connectivity index (χ1v) is 12.4. The molecule has 0 saturated heterocycles. The van der Waals surface area contributed by atoms with E-state index in [1.54, 1.807) is 6.07 Å². The number of nitrogens with one attached hydrogen (secondary N) is 1. The number of halogens is 2. The van der Waals surface area contributed by atoms with E-state index in [9.17, 15) is 17.8 Å². The maximum absolute atomic E-state index is 13.9. The van der Waals surface area contributed by atoms with Crippen molar-refractivity contribution in [1.82, 2.24) is 9.97 Å². The van der Waals surface area contributed by atoms with Gasteiger partial charge in [-0.15, -0.1) is 0 Å². The highest BCUT2D eigenvalue weighted by Crippen LogP contribution is 2.55. The van der Waals surface area contributed by atoms with Crippen LogP contribution in [0.2, 0.25) is 0 Å². The first-order valence-electron chi connectivity index (χ1n) is 10.8. The smallest absolute Gasteiger partial charge is 0.275 e. The number of aliphatic imine (C=N–C) groups is 1. The third-order valence-electron chi connectivity index (χ3n) is 6.77. The molecule has 3 N–H and O–H groups in total. The molecule has 5 rings (SSSR count). The van der Waals surface area contributed by atoms with Gasteiger partial charge in [-0.1, -0.05) is 6.07 Å².